The molecule has 2 aliphatic heterocycles. The first-order chi connectivity index (χ1) is 11.6. The molecule has 0 aromatic heterocycles. The maximum Gasteiger partial charge on any atom is 0.317 e. The number of rotatable bonds is 4. The van der Waals surface area contributed by atoms with E-state index in [0.29, 0.717) is 30.7 Å². The molecule has 7 nitrogen and oxygen atoms in total. The molecule has 0 radical (unpaired) electrons. The Hall–Kier alpha value is -2.15. The van der Waals surface area contributed by atoms with Gasteiger partial charge in [0, 0.05) is 31.3 Å². The number of nitrogens with one attached hydrogen (secondary N) is 1. The number of hydrogen-bond acceptors (Lipinski definition) is 4. The molecule has 0 bridgehead atoms. The second-order valence-electron chi connectivity index (χ2n) is 6.42. The lowest BCUT2D eigenvalue weighted by Gasteiger charge is -2.34. The molecule has 1 aromatic carbocycles. The van der Waals surface area contributed by atoms with Crippen molar-refractivity contribution in [3.8, 4) is 0 Å². The fraction of sp³-hybridized carbons (Fsp3) is 0.588. The van der Waals surface area contributed by atoms with E-state index in [1.165, 1.54) is 6.07 Å². The van der Waals surface area contributed by atoms with Crippen LogP contribution in [0.2, 0.25) is 0 Å². The zero-order valence-electron chi connectivity index (χ0n) is 13.6. The average molecular weight is 333 g/mol. The van der Waals surface area contributed by atoms with Crippen molar-refractivity contribution in [3.63, 3.8) is 0 Å². The summed E-state index contributed by atoms with van der Waals surface area (Å²) in [5, 5.41) is 13.8. The minimum Gasteiger partial charge on any atom is -0.378 e. The van der Waals surface area contributed by atoms with Gasteiger partial charge in [-0.1, -0.05) is 18.2 Å². The van der Waals surface area contributed by atoms with E-state index in [1.807, 2.05) is 0 Å². The third kappa shape index (κ3) is 3.84. The predicted octanol–water partition coefficient (Wildman–Crippen LogP) is 2.70. The molecule has 0 unspecified atom stereocenters. The van der Waals surface area contributed by atoms with Crippen LogP contribution in [-0.4, -0.2) is 41.7 Å². The van der Waals surface area contributed by atoms with E-state index in [-0.39, 0.29) is 18.3 Å². The Morgan fingerprint density at radius 3 is 2.71 bits per heavy atom. The van der Waals surface area contributed by atoms with Gasteiger partial charge < -0.3 is 15.0 Å². The molecule has 1 atom stereocenters. The maximum atomic E-state index is 12.3. The van der Waals surface area contributed by atoms with Gasteiger partial charge in [0.05, 0.1) is 17.6 Å². The highest BCUT2D eigenvalue weighted by molar-refractivity contribution is 5.74. The summed E-state index contributed by atoms with van der Waals surface area (Å²) in [7, 11) is 0. The number of carbonyl (C=O) groups excluding carboxylic acids is 1. The van der Waals surface area contributed by atoms with Crippen LogP contribution in [0, 0.1) is 16.0 Å². The Morgan fingerprint density at radius 2 is 2.04 bits per heavy atom. The number of hydrogen-bond donors (Lipinski definition) is 1. The van der Waals surface area contributed by atoms with E-state index in [1.54, 1.807) is 23.1 Å². The second-order valence-corrected chi connectivity index (χ2v) is 6.42. The summed E-state index contributed by atoms with van der Waals surface area (Å²) < 4.78 is 5.75. The number of nitro groups is 1. The fourth-order valence-corrected chi connectivity index (χ4v) is 3.57. The van der Waals surface area contributed by atoms with E-state index in [0.717, 1.165) is 32.3 Å². The van der Waals surface area contributed by atoms with Gasteiger partial charge in [0.2, 0.25) is 0 Å². The summed E-state index contributed by atoms with van der Waals surface area (Å²) in [4.78, 5) is 24.7. The molecule has 7 heteroatoms. The van der Waals surface area contributed by atoms with Crippen LogP contribution in [0.25, 0.3) is 0 Å². The quantitative estimate of drug-likeness (QED) is 0.678. The Bertz CT molecular complexity index is 593. The highest BCUT2D eigenvalue weighted by Crippen LogP contribution is 2.28. The molecule has 24 heavy (non-hydrogen) atoms. The molecular formula is C17H23N3O4. The van der Waals surface area contributed by atoms with Crippen LogP contribution in [-0.2, 0) is 11.3 Å². The number of piperidine rings is 1. The summed E-state index contributed by atoms with van der Waals surface area (Å²) >= 11 is 0. The minimum atomic E-state index is -0.422. The first-order valence-corrected chi connectivity index (χ1v) is 8.52. The van der Waals surface area contributed by atoms with Gasteiger partial charge >= 0.3 is 6.03 Å². The van der Waals surface area contributed by atoms with Crippen LogP contribution in [0.15, 0.2) is 24.3 Å². The van der Waals surface area contributed by atoms with Crippen molar-refractivity contribution in [2.24, 2.45) is 5.92 Å². The molecular weight excluding hydrogens is 310 g/mol. The topological polar surface area (TPSA) is 84.7 Å². The van der Waals surface area contributed by atoms with Crippen LogP contribution in [0.3, 0.4) is 0 Å². The van der Waals surface area contributed by atoms with E-state index < -0.39 is 4.92 Å². The molecule has 2 aliphatic rings. The SMILES string of the molecule is O=C(NCc1ccccc1[N+](=O)[O-])N1CCC([C@H]2CCCO2)CC1. The summed E-state index contributed by atoms with van der Waals surface area (Å²) in [5.41, 5.74) is 0.556. The Balaban J connectivity index is 1.49. The normalized spacial score (nSPS) is 21.7. The Kier molecular flexibility index (Phi) is 5.30. The number of amides is 2. The lowest BCUT2D eigenvalue weighted by molar-refractivity contribution is -0.385. The van der Waals surface area contributed by atoms with Crippen molar-refractivity contribution in [3.05, 3.63) is 39.9 Å². The van der Waals surface area contributed by atoms with Gasteiger partial charge in [-0.25, -0.2) is 4.79 Å². The lowest BCUT2D eigenvalue weighted by Crippen LogP contribution is -2.45. The minimum absolute atomic E-state index is 0.0369. The van der Waals surface area contributed by atoms with Crippen LogP contribution in [0.4, 0.5) is 10.5 Å². The average Bonchev–Trinajstić information content (AvgIpc) is 3.14. The number of likely N-dealkylation sites (tertiary alicyclic amines) is 1. The van der Waals surface area contributed by atoms with Gasteiger partial charge in [0.25, 0.3) is 5.69 Å². The van der Waals surface area contributed by atoms with Crippen LogP contribution in [0.5, 0.6) is 0 Å². The third-order valence-electron chi connectivity index (χ3n) is 4.94. The van der Waals surface area contributed by atoms with E-state index in [4.69, 9.17) is 4.74 Å². The summed E-state index contributed by atoms with van der Waals surface area (Å²) in [6.07, 6.45) is 4.56. The number of para-hydroxylation sites is 1. The number of nitro benzene ring substituents is 1. The second kappa shape index (κ2) is 7.61. The molecule has 1 N–H and O–H groups in total. The highest BCUT2D eigenvalue weighted by atomic mass is 16.6. The third-order valence-corrected chi connectivity index (χ3v) is 4.94. The first kappa shape index (κ1) is 16.7. The van der Waals surface area contributed by atoms with E-state index in [9.17, 15) is 14.9 Å². The zero-order chi connectivity index (χ0) is 16.9. The lowest BCUT2D eigenvalue weighted by atomic mass is 9.90. The van der Waals surface area contributed by atoms with Gasteiger partial charge in [0.1, 0.15) is 0 Å². The molecule has 0 spiro atoms. The van der Waals surface area contributed by atoms with Crippen LogP contribution < -0.4 is 5.32 Å². The molecule has 3 rings (SSSR count). The number of nitrogens with zero attached hydrogens (tertiary/aromatic N) is 2. The Morgan fingerprint density at radius 1 is 1.29 bits per heavy atom. The number of carbonyl (C=O) groups is 1. The van der Waals surface area contributed by atoms with E-state index >= 15 is 0 Å². The largest absolute Gasteiger partial charge is 0.378 e. The number of ether oxygens (including phenoxy) is 1. The van der Waals surface area contributed by atoms with Crippen LogP contribution in [0.1, 0.15) is 31.2 Å². The van der Waals surface area contributed by atoms with Crippen molar-refractivity contribution in [1.29, 1.82) is 0 Å². The smallest absolute Gasteiger partial charge is 0.317 e. The fourth-order valence-electron chi connectivity index (χ4n) is 3.57. The van der Waals surface area contributed by atoms with Gasteiger partial charge in [-0.15, -0.1) is 0 Å². The predicted molar refractivity (Wildman–Crippen MR) is 88.6 cm³/mol. The van der Waals surface area contributed by atoms with Crippen molar-refractivity contribution in [1.82, 2.24) is 10.2 Å². The van der Waals surface area contributed by atoms with Gasteiger partial charge in [0.15, 0.2) is 0 Å². The molecule has 0 saturated carbocycles. The van der Waals surface area contributed by atoms with Crippen molar-refractivity contribution in [2.45, 2.75) is 38.3 Å². The summed E-state index contributed by atoms with van der Waals surface area (Å²) in [6, 6.07) is 6.33. The monoisotopic (exact) mass is 333 g/mol. The maximum absolute atomic E-state index is 12.3. The highest BCUT2D eigenvalue weighted by Gasteiger charge is 2.30. The van der Waals surface area contributed by atoms with Gasteiger partial charge in [-0.2, -0.15) is 0 Å². The molecule has 2 saturated heterocycles. The van der Waals surface area contributed by atoms with Crippen molar-refractivity contribution >= 4 is 11.7 Å². The number of benzene rings is 1. The van der Waals surface area contributed by atoms with Crippen molar-refractivity contribution in [2.75, 3.05) is 19.7 Å². The molecule has 2 heterocycles. The zero-order valence-corrected chi connectivity index (χ0v) is 13.6. The van der Waals surface area contributed by atoms with Crippen molar-refractivity contribution < 1.29 is 14.5 Å². The summed E-state index contributed by atoms with van der Waals surface area (Å²) in [5.74, 6) is 0.548. The molecule has 2 fully saturated rings. The van der Waals surface area contributed by atoms with E-state index in [2.05, 4.69) is 5.32 Å². The van der Waals surface area contributed by atoms with Gasteiger partial charge in [-0.05, 0) is 31.6 Å². The molecule has 2 amide bonds. The Labute approximate surface area is 141 Å². The summed E-state index contributed by atoms with van der Waals surface area (Å²) in [6.45, 7) is 2.46. The standard InChI is InChI=1S/C17H23N3O4/c21-17(18-12-14-4-1-2-5-15(14)20(22)23)19-9-7-13(8-10-19)16-6-3-11-24-16/h1-2,4-5,13,16H,3,6-12H2,(H,18,21)/t16-/m1/s1. The molecule has 0 aliphatic carbocycles. The number of urea groups is 1. The molecule has 130 valence electrons. The van der Waals surface area contributed by atoms with Gasteiger partial charge in [-0.3, -0.25) is 10.1 Å². The van der Waals surface area contributed by atoms with Crippen LogP contribution >= 0.6 is 0 Å². The molecule has 1 aromatic rings. The first-order valence-electron chi connectivity index (χ1n) is 8.52.